The molecule has 4 atom stereocenters. The van der Waals surface area contributed by atoms with Crippen molar-refractivity contribution in [3.05, 3.63) is 21.9 Å². The monoisotopic (exact) mass is 348 g/mol. The van der Waals surface area contributed by atoms with Gasteiger partial charge in [0.05, 0.1) is 13.2 Å². The summed E-state index contributed by atoms with van der Waals surface area (Å²) in [5, 5.41) is 0. The van der Waals surface area contributed by atoms with Gasteiger partial charge in [-0.05, 0) is 31.4 Å². The number of hydrogen-bond donors (Lipinski definition) is 0. The minimum atomic E-state index is 0.240. The van der Waals surface area contributed by atoms with Crippen LogP contribution in [-0.2, 0) is 9.53 Å². The molecule has 1 saturated carbocycles. The molecule has 1 aliphatic carbocycles. The van der Waals surface area contributed by atoms with Crippen LogP contribution in [0.2, 0.25) is 0 Å². The van der Waals surface area contributed by atoms with Gasteiger partial charge >= 0.3 is 0 Å². The summed E-state index contributed by atoms with van der Waals surface area (Å²) in [4.78, 5) is 20.4. The van der Waals surface area contributed by atoms with E-state index < -0.39 is 0 Å². The van der Waals surface area contributed by atoms with E-state index in [1.54, 1.807) is 0 Å². The maximum Gasteiger partial charge on any atom is 0.226 e. The normalized spacial score (nSPS) is 33.8. The molecule has 1 amide bonds. The molecule has 132 valence electrons. The molecule has 3 aliphatic rings. The van der Waals surface area contributed by atoms with Crippen molar-refractivity contribution in [1.82, 2.24) is 9.80 Å². The van der Waals surface area contributed by atoms with Crippen molar-refractivity contribution >= 4 is 17.2 Å². The first-order valence-electron chi connectivity index (χ1n) is 9.34. The van der Waals surface area contributed by atoms with Crippen LogP contribution in [0, 0.1) is 18.8 Å². The van der Waals surface area contributed by atoms with Gasteiger partial charge in [-0.1, -0.05) is 13.3 Å². The minimum absolute atomic E-state index is 0.240. The van der Waals surface area contributed by atoms with Gasteiger partial charge in [-0.2, -0.15) is 0 Å². The van der Waals surface area contributed by atoms with Crippen LogP contribution in [0.25, 0.3) is 0 Å². The second-order valence-electron chi connectivity index (χ2n) is 7.52. The number of ether oxygens (including phenoxy) is 1. The molecule has 3 heterocycles. The summed E-state index contributed by atoms with van der Waals surface area (Å²) in [6, 6.07) is 4.92. The van der Waals surface area contributed by atoms with Gasteiger partial charge in [0.15, 0.2) is 0 Å². The van der Waals surface area contributed by atoms with Crippen molar-refractivity contribution in [3.63, 3.8) is 0 Å². The van der Waals surface area contributed by atoms with Crippen LogP contribution in [0.5, 0.6) is 0 Å². The molecule has 3 fully saturated rings. The number of thiophene rings is 1. The average molecular weight is 349 g/mol. The van der Waals surface area contributed by atoms with Crippen LogP contribution in [0.3, 0.4) is 0 Å². The van der Waals surface area contributed by atoms with Crippen molar-refractivity contribution in [2.75, 3.05) is 39.4 Å². The quantitative estimate of drug-likeness (QED) is 0.839. The molecule has 0 bridgehead atoms. The standard InChI is InChI=1S/C19H28N2O2S/c1-3-14-11-21(12-17(14)20-6-8-23-9-7-20)19(22)16-10-15(16)18-5-4-13(2)24-18/h4-5,14-17H,3,6-12H2,1-2H3/t14-,15-,16-,17-/m1/s1. The van der Waals surface area contributed by atoms with E-state index in [1.807, 2.05) is 11.3 Å². The Morgan fingerprint density at radius 2 is 2.08 bits per heavy atom. The molecule has 0 radical (unpaired) electrons. The fourth-order valence-corrected chi connectivity index (χ4v) is 5.48. The molecule has 4 nitrogen and oxygen atoms in total. The van der Waals surface area contributed by atoms with Crippen LogP contribution in [0.4, 0.5) is 0 Å². The van der Waals surface area contributed by atoms with E-state index in [4.69, 9.17) is 4.74 Å². The average Bonchev–Trinajstić information content (AvgIpc) is 3.09. The van der Waals surface area contributed by atoms with E-state index in [0.29, 0.717) is 23.8 Å². The highest BCUT2D eigenvalue weighted by Crippen LogP contribution is 2.51. The van der Waals surface area contributed by atoms with Crippen LogP contribution < -0.4 is 0 Å². The number of morpholine rings is 1. The Morgan fingerprint density at radius 1 is 1.29 bits per heavy atom. The molecule has 2 saturated heterocycles. The third kappa shape index (κ3) is 3.14. The summed E-state index contributed by atoms with van der Waals surface area (Å²) in [7, 11) is 0. The highest BCUT2D eigenvalue weighted by atomic mass is 32.1. The van der Waals surface area contributed by atoms with Gasteiger partial charge in [0, 0.05) is 53.8 Å². The van der Waals surface area contributed by atoms with Gasteiger partial charge in [-0.25, -0.2) is 0 Å². The first-order valence-corrected chi connectivity index (χ1v) is 10.2. The number of hydrogen-bond acceptors (Lipinski definition) is 4. The van der Waals surface area contributed by atoms with E-state index >= 15 is 0 Å². The Balaban J connectivity index is 1.39. The summed E-state index contributed by atoms with van der Waals surface area (Å²) in [6.45, 7) is 9.99. The molecule has 0 aromatic carbocycles. The van der Waals surface area contributed by atoms with Crippen LogP contribution in [0.1, 0.15) is 35.4 Å². The summed E-state index contributed by atoms with van der Waals surface area (Å²) in [5.74, 6) is 1.75. The Morgan fingerprint density at radius 3 is 2.75 bits per heavy atom. The third-order valence-corrected chi connectivity index (χ3v) is 7.12. The lowest BCUT2D eigenvalue weighted by atomic mass is 9.99. The summed E-state index contributed by atoms with van der Waals surface area (Å²) in [5.41, 5.74) is 0. The zero-order valence-corrected chi connectivity index (χ0v) is 15.6. The number of likely N-dealkylation sites (tertiary alicyclic amines) is 1. The fourth-order valence-electron chi connectivity index (χ4n) is 4.43. The molecule has 24 heavy (non-hydrogen) atoms. The summed E-state index contributed by atoms with van der Waals surface area (Å²) < 4.78 is 5.49. The fraction of sp³-hybridized carbons (Fsp3) is 0.737. The van der Waals surface area contributed by atoms with Crippen molar-refractivity contribution in [3.8, 4) is 0 Å². The predicted molar refractivity (Wildman–Crippen MR) is 96.4 cm³/mol. The number of aryl methyl sites for hydroxylation is 1. The van der Waals surface area contributed by atoms with Crippen molar-refractivity contribution in [2.45, 2.75) is 38.6 Å². The van der Waals surface area contributed by atoms with Gasteiger partial charge in [0.25, 0.3) is 0 Å². The minimum Gasteiger partial charge on any atom is -0.379 e. The number of carbonyl (C=O) groups excluding carboxylic acids is 1. The predicted octanol–water partition coefficient (Wildman–Crippen LogP) is 2.73. The Hall–Kier alpha value is -0.910. The van der Waals surface area contributed by atoms with Crippen molar-refractivity contribution in [1.29, 1.82) is 0 Å². The van der Waals surface area contributed by atoms with E-state index in [9.17, 15) is 4.79 Å². The molecular formula is C19H28N2O2S. The van der Waals surface area contributed by atoms with E-state index in [-0.39, 0.29) is 5.92 Å². The molecule has 1 aromatic rings. The number of carbonyl (C=O) groups is 1. The lowest BCUT2D eigenvalue weighted by Crippen LogP contribution is -2.47. The zero-order valence-electron chi connectivity index (χ0n) is 14.7. The Labute approximate surface area is 148 Å². The SMILES string of the molecule is CC[C@@H]1CN(C(=O)[C@@H]2C[C@H]2c2ccc(C)s2)C[C@H]1N1CCOCC1. The second kappa shape index (κ2) is 6.77. The van der Waals surface area contributed by atoms with Gasteiger partial charge in [-0.3, -0.25) is 9.69 Å². The maximum atomic E-state index is 13.0. The van der Waals surface area contributed by atoms with Crippen LogP contribution in [0.15, 0.2) is 12.1 Å². The maximum absolute atomic E-state index is 13.0. The van der Waals surface area contributed by atoms with Gasteiger partial charge < -0.3 is 9.64 Å². The molecular weight excluding hydrogens is 320 g/mol. The lowest BCUT2D eigenvalue weighted by molar-refractivity contribution is -0.131. The summed E-state index contributed by atoms with van der Waals surface area (Å²) in [6.07, 6.45) is 2.21. The lowest BCUT2D eigenvalue weighted by Gasteiger charge is -2.34. The number of amides is 1. The zero-order chi connectivity index (χ0) is 16.7. The van der Waals surface area contributed by atoms with Crippen molar-refractivity contribution < 1.29 is 9.53 Å². The largest absolute Gasteiger partial charge is 0.379 e. The molecule has 0 spiro atoms. The third-order valence-electron chi connectivity index (χ3n) is 5.99. The van der Waals surface area contributed by atoms with E-state index in [1.165, 1.54) is 9.75 Å². The molecule has 0 unspecified atom stereocenters. The molecule has 4 rings (SSSR count). The smallest absolute Gasteiger partial charge is 0.226 e. The van der Waals surface area contributed by atoms with Crippen LogP contribution in [-0.4, -0.2) is 61.1 Å². The summed E-state index contributed by atoms with van der Waals surface area (Å²) >= 11 is 1.86. The molecule has 5 heteroatoms. The molecule has 2 aliphatic heterocycles. The van der Waals surface area contributed by atoms with Crippen molar-refractivity contribution in [2.24, 2.45) is 11.8 Å². The van der Waals surface area contributed by atoms with Gasteiger partial charge in [0.1, 0.15) is 0 Å². The van der Waals surface area contributed by atoms with E-state index in [2.05, 4.69) is 35.8 Å². The molecule has 1 aromatic heterocycles. The first kappa shape index (κ1) is 16.6. The topological polar surface area (TPSA) is 32.8 Å². The number of rotatable bonds is 4. The van der Waals surface area contributed by atoms with Gasteiger partial charge in [-0.15, -0.1) is 11.3 Å². The van der Waals surface area contributed by atoms with Gasteiger partial charge in [0.2, 0.25) is 5.91 Å². The Kier molecular flexibility index (Phi) is 4.67. The Bertz CT molecular complexity index is 596. The number of nitrogens with zero attached hydrogens (tertiary/aromatic N) is 2. The van der Waals surface area contributed by atoms with Crippen LogP contribution >= 0.6 is 11.3 Å². The first-order chi connectivity index (χ1) is 11.7. The highest BCUT2D eigenvalue weighted by Gasteiger charge is 2.49. The van der Waals surface area contributed by atoms with E-state index in [0.717, 1.165) is 52.2 Å². The molecule has 0 N–H and O–H groups in total. The second-order valence-corrected chi connectivity index (χ2v) is 8.84. The highest BCUT2D eigenvalue weighted by molar-refractivity contribution is 7.12.